The zero-order valence-corrected chi connectivity index (χ0v) is 11.7. The molecule has 0 aliphatic rings. The van der Waals surface area contributed by atoms with E-state index in [4.69, 9.17) is 0 Å². The molecule has 106 valence electrons. The number of benzene rings is 1. The molecule has 0 aliphatic carbocycles. The molecule has 0 radical (unpaired) electrons. The second kappa shape index (κ2) is 7.21. The predicted molar refractivity (Wildman–Crippen MR) is 75.0 cm³/mol. The third-order valence-electron chi connectivity index (χ3n) is 3.12. The zero-order valence-electron chi connectivity index (χ0n) is 11.7. The average molecular weight is 266 g/mol. The summed E-state index contributed by atoms with van der Waals surface area (Å²) >= 11 is 0. The van der Waals surface area contributed by atoms with Gasteiger partial charge < -0.3 is 10.4 Å². The van der Waals surface area contributed by atoms with Gasteiger partial charge in [-0.25, -0.2) is 0 Å². The van der Waals surface area contributed by atoms with E-state index >= 15 is 0 Å². The van der Waals surface area contributed by atoms with E-state index in [-0.39, 0.29) is 17.8 Å². The summed E-state index contributed by atoms with van der Waals surface area (Å²) in [7, 11) is 0. The summed E-state index contributed by atoms with van der Waals surface area (Å²) < 4.78 is 0. The Balaban J connectivity index is 2.49. The number of nitro benzene ring substituents is 1. The Morgan fingerprint density at radius 3 is 2.32 bits per heavy atom. The van der Waals surface area contributed by atoms with Gasteiger partial charge in [0.25, 0.3) is 5.69 Å². The standard InChI is InChI=1S/C14H22N2O3/c1-10(8-11(2)17)9-15-12(3)13-4-6-14(7-5-13)16(18)19/h4-7,10-12,15,17H,8-9H2,1-3H3/t10-,11+,12-/m1/s1. The highest BCUT2D eigenvalue weighted by atomic mass is 16.6. The fourth-order valence-electron chi connectivity index (χ4n) is 2.05. The van der Waals surface area contributed by atoms with Crippen LogP contribution in [0.25, 0.3) is 0 Å². The highest BCUT2D eigenvalue weighted by Crippen LogP contribution is 2.18. The smallest absolute Gasteiger partial charge is 0.269 e. The fourth-order valence-corrected chi connectivity index (χ4v) is 2.05. The van der Waals surface area contributed by atoms with Crippen molar-refractivity contribution >= 4 is 5.69 Å². The second-order valence-electron chi connectivity index (χ2n) is 5.17. The first-order chi connectivity index (χ1) is 8.90. The van der Waals surface area contributed by atoms with Crippen LogP contribution in [-0.2, 0) is 0 Å². The quantitative estimate of drug-likeness (QED) is 0.587. The van der Waals surface area contributed by atoms with Crippen molar-refractivity contribution in [1.82, 2.24) is 5.32 Å². The summed E-state index contributed by atoms with van der Waals surface area (Å²) in [5.74, 6) is 0.389. The molecule has 19 heavy (non-hydrogen) atoms. The number of aliphatic hydroxyl groups is 1. The van der Waals surface area contributed by atoms with Crippen molar-refractivity contribution in [3.63, 3.8) is 0 Å². The largest absolute Gasteiger partial charge is 0.393 e. The molecule has 3 atom stereocenters. The van der Waals surface area contributed by atoms with Crippen LogP contribution >= 0.6 is 0 Å². The summed E-state index contributed by atoms with van der Waals surface area (Å²) in [5, 5.41) is 23.2. The lowest BCUT2D eigenvalue weighted by Crippen LogP contribution is -2.26. The van der Waals surface area contributed by atoms with Crippen molar-refractivity contribution in [2.45, 2.75) is 39.3 Å². The van der Waals surface area contributed by atoms with E-state index in [1.807, 2.05) is 6.92 Å². The van der Waals surface area contributed by atoms with Gasteiger partial charge in [0.1, 0.15) is 0 Å². The predicted octanol–water partition coefficient (Wildman–Crippen LogP) is 2.65. The van der Waals surface area contributed by atoms with Crippen LogP contribution in [0.1, 0.15) is 38.8 Å². The van der Waals surface area contributed by atoms with E-state index in [2.05, 4.69) is 12.2 Å². The molecular formula is C14H22N2O3. The van der Waals surface area contributed by atoms with Gasteiger partial charge in [0.05, 0.1) is 11.0 Å². The van der Waals surface area contributed by atoms with Gasteiger partial charge in [0.2, 0.25) is 0 Å². The van der Waals surface area contributed by atoms with Gasteiger partial charge >= 0.3 is 0 Å². The molecule has 1 aromatic rings. The van der Waals surface area contributed by atoms with Crippen LogP contribution in [0, 0.1) is 16.0 Å². The lowest BCUT2D eigenvalue weighted by Gasteiger charge is -2.19. The van der Waals surface area contributed by atoms with Gasteiger partial charge in [-0.05, 0) is 38.3 Å². The van der Waals surface area contributed by atoms with Crippen molar-refractivity contribution < 1.29 is 10.0 Å². The summed E-state index contributed by atoms with van der Waals surface area (Å²) in [6.07, 6.45) is 0.478. The molecule has 0 spiro atoms. The minimum atomic E-state index is -0.396. The van der Waals surface area contributed by atoms with E-state index in [1.165, 1.54) is 12.1 Å². The van der Waals surface area contributed by atoms with E-state index < -0.39 is 4.92 Å². The molecule has 5 heteroatoms. The second-order valence-corrected chi connectivity index (χ2v) is 5.17. The van der Waals surface area contributed by atoms with E-state index in [9.17, 15) is 15.2 Å². The molecule has 0 bridgehead atoms. The van der Waals surface area contributed by atoms with Crippen molar-refractivity contribution in [3.8, 4) is 0 Å². The Morgan fingerprint density at radius 1 is 1.26 bits per heavy atom. The number of rotatable bonds is 7. The van der Waals surface area contributed by atoms with Crippen molar-refractivity contribution in [3.05, 3.63) is 39.9 Å². The van der Waals surface area contributed by atoms with Crippen molar-refractivity contribution in [1.29, 1.82) is 0 Å². The van der Waals surface area contributed by atoms with Gasteiger partial charge in [-0.3, -0.25) is 10.1 Å². The number of hydrogen-bond donors (Lipinski definition) is 2. The average Bonchev–Trinajstić information content (AvgIpc) is 2.35. The number of nitrogens with one attached hydrogen (secondary N) is 1. The van der Waals surface area contributed by atoms with Crippen LogP contribution in [0.4, 0.5) is 5.69 Å². The monoisotopic (exact) mass is 266 g/mol. The Bertz CT molecular complexity index is 404. The Kier molecular flexibility index (Phi) is 5.92. The van der Waals surface area contributed by atoms with Crippen LogP contribution in [0.3, 0.4) is 0 Å². The SMILES string of the molecule is C[C@@H](CN[C@H](C)c1ccc([N+](=O)[O-])cc1)C[C@H](C)O. The Labute approximate surface area is 113 Å². The summed E-state index contributed by atoms with van der Waals surface area (Å²) in [4.78, 5) is 10.2. The minimum absolute atomic E-state index is 0.110. The lowest BCUT2D eigenvalue weighted by molar-refractivity contribution is -0.384. The van der Waals surface area contributed by atoms with Gasteiger partial charge in [-0.2, -0.15) is 0 Å². The molecular weight excluding hydrogens is 244 g/mol. The number of hydrogen-bond acceptors (Lipinski definition) is 4. The van der Waals surface area contributed by atoms with Gasteiger partial charge in [0.15, 0.2) is 0 Å². The number of non-ortho nitro benzene ring substituents is 1. The first kappa shape index (κ1) is 15.6. The van der Waals surface area contributed by atoms with Crippen LogP contribution < -0.4 is 5.32 Å². The summed E-state index contributed by atoms with van der Waals surface area (Å²) in [6.45, 7) is 6.71. The molecule has 0 fully saturated rings. The molecule has 0 unspecified atom stereocenters. The van der Waals surface area contributed by atoms with E-state index in [1.54, 1.807) is 19.1 Å². The molecule has 1 rings (SSSR count). The maximum Gasteiger partial charge on any atom is 0.269 e. The number of aliphatic hydroxyl groups excluding tert-OH is 1. The van der Waals surface area contributed by atoms with Gasteiger partial charge in [-0.15, -0.1) is 0 Å². The minimum Gasteiger partial charge on any atom is -0.393 e. The lowest BCUT2D eigenvalue weighted by atomic mass is 10.0. The third-order valence-corrected chi connectivity index (χ3v) is 3.12. The summed E-state index contributed by atoms with van der Waals surface area (Å²) in [5.41, 5.74) is 1.13. The maximum atomic E-state index is 10.6. The van der Waals surface area contributed by atoms with Crippen LogP contribution in [-0.4, -0.2) is 22.7 Å². The van der Waals surface area contributed by atoms with Crippen LogP contribution in [0.5, 0.6) is 0 Å². The Morgan fingerprint density at radius 2 is 1.84 bits per heavy atom. The normalized spacial score (nSPS) is 15.8. The maximum absolute atomic E-state index is 10.6. The van der Waals surface area contributed by atoms with Crippen LogP contribution in [0.2, 0.25) is 0 Å². The molecule has 1 aromatic carbocycles. The van der Waals surface area contributed by atoms with Crippen LogP contribution in [0.15, 0.2) is 24.3 Å². The third kappa shape index (κ3) is 5.36. The molecule has 0 aromatic heterocycles. The first-order valence-electron chi connectivity index (χ1n) is 6.56. The number of nitrogens with zero attached hydrogens (tertiary/aromatic N) is 1. The number of nitro groups is 1. The van der Waals surface area contributed by atoms with E-state index in [0.29, 0.717) is 5.92 Å². The van der Waals surface area contributed by atoms with Crippen molar-refractivity contribution in [2.75, 3.05) is 6.54 Å². The topological polar surface area (TPSA) is 75.4 Å². The highest BCUT2D eigenvalue weighted by molar-refractivity contribution is 5.33. The van der Waals surface area contributed by atoms with Gasteiger partial charge in [-0.1, -0.05) is 19.1 Å². The fraction of sp³-hybridized carbons (Fsp3) is 0.571. The summed E-state index contributed by atoms with van der Waals surface area (Å²) in [6, 6.07) is 6.72. The van der Waals surface area contributed by atoms with Crippen molar-refractivity contribution in [2.24, 2.45) is 5.92 Å². The molecule has 0 amide bonds. The molecule has 0 heterocycles. The Hall–Kier alpha value is -1.46. The zero-order chi connectivity index (χ0) is 14.4. The molecule has 2 N–H and O–H groups in total. The highest BCUT2D eigenvalue weighted by Gasteiger charge is 2.11. The van der Waals surface area contributed by atoms with E-state index in [0.717, 1.165) is 18.5 Å². The molecule has 0 saturated heterocycles. The molecule has 5 nitrogen and oxygen atoms in total. The molecule has 0 aliphatic heterocycles. The first-order valence-corrected chi connectivity index (χ1v) is 6.56. The molecule has 0 saturated carbocycles. The van der Waals surface area contributed by atoms with Gasteiger partial charge in [0, 0.05) is 18.2 Å².